The van der Waals surface area contributed by atoms with E-state index >= 15 is 0 Å². The Kier molecular flexibility index (Phi) is 3.54. The highest BCUT2D eigenvalue weighted by Crippen LogP contribution is 2.41. The number of carbonyl (C=O) groups excluding carboxylic acids is 1. The van der Waals surface area contributed by atoms with Gasteiger partial charge in [0, 0.05) is 11.1 Å². The molecule has 0 spiro atoms. The summed E-state index contributed by atoms with van der Waals surface area (Å²) >= 11 is 0. The second kappa shape index (κ2) is 5.67. The van der Waals surface area contributed by atoms with Crippen molar-refractivity contribution in [1.29, 1.82) is 10.5 Å². The van der Waals surface area contributed by atoms with Crippen molar-refractivity contribution in [3.05, 3.63) is 65.2 Å². The Balaban J connectivity index is 2.33. The molecule has 1 aliphatic rings. The van der Waals surface area contributed by atoms with E-state index in [4.69, 9.17) is 4.74 Å². The molecule has 0 saturated heterocycles. The minimum atomic E-state index is -0.289. The summed E-state index contributed by atoms with van der Waals surface area (Å²) in [7, 11) is 1.51. The number of ether oxygens (including phenoxy) is 1. The van der Waals surface area contributed by atoms with Gasteiger partial charge in [-0.2, -0.15) is 10.5 Å². The van der Waals surface area contributed by atoms with Crippen molar-refractivity contribution in [3.63, 3.8) is 0 Å². The van der Waals surface area contributed by atoms with Gasteiger partial charge in [-0.15, -0.1) is 0 Å². The molecule has 1 aliphatic heterocycles. The largest absolute Gasteiger partial charge is 0.495 e. The molecule has 23 heavy (non-hydrogen) atoms. The highest BCUT2D eigenvalue weighted by Gasteiger charge is 2.36. The third-order valence-corrected chi connectivity index (χ3v) is 3.63. The molecule has 110 valence electrons. The van der Waals surface area contributed by atoms with E-state index in [1.807, 2.05) is 12.1 Å². The molecule has 0 fully saturated rings. The van der Waals surface area contributed by atoms with Gasteiger partial charge < -0.3 is 4.74 Å². The van der Waals surface area contributed by atoms with E-state index in [9.17, 15) is 15.3 Å². The molecule has 1 amide bonds. The molecule has 0 bridgehead atoms. The summed E-state index contributed by atoms with van der Waals surface area (Å²) in [5.41, 5.74) is 1.70. The van der Waals surface area contributed by atoms with E-state index in [2.05, 4.69) is 0 Å². The maximum atomic E-state index is 12.8. The molecule has 0 saturated carbocycles. The van der Waals surface area contributed by atoms with Gasteiger partial charge in [0.15, 0.2) is 5.57 Å². The molecule has 5 heteroatoms. The summed E-state index contributed by atoms with van der Waals surface area (Å²) in [4.78, 5) is 14.2. The van der Waals surface area contributed by atoms with Gasteiger partial charge in [-0.25, -0.2) is 0 Å². The lowest BCUT2D eigenvalue weighted by atomic mass is 10.1. The van der Waals surface area contributed by atoms with E-state index in [0.717, 1.165) is 0 Å². The Hall–Kier alpha value is -3.57. The average Bonchev–Trinajstić information content (AvgIpc) is 2.89. The van der Waals surface area contributed by atoms with Crippen LogP contribution in [-0.4, -0.2) is 13.0 Å². The van der Waals surface area contributed by atoms with Crippen molar-refractivity contribution in [2.75, 3.05) is 12.0 Å². The summed E-state index contributed by atoms with van der Waals surface area (Å²) in [6.45, 7) is 0. The number of benzene rings is 2. The van der Waals surface area contributed by atoms with E-state index in [1.165, 1.54) is 12.0 Å². The first-order valence-corrected chi connectivity index (χ1v) is 6.84. The van der Waals surface area contributed by atoms with Crippen molar-refractivity contribution in [2.24, 2.45) is 0 Å². The average molecular weight is 301 g/mol. The van der Waals surface area contributed by atoms with Crippen LogP contribution in [0.2, 0.25) is 0 Å². The van der Waals surface area contributed by atoms with Gasteiger partial charge in [-0.05, 0) is 18.2 Å². The molecule has 0 radical (unpaired) electrons. The molecule has 0 atom stereocenters. The van der Waals surface area contributed by atoms with Gasteiger partial charge in [0.1, 0.15) is 17.9 Å². The zero-order valence-electron chi connectivity index (χ0n) is 12.3. The van der Waals surface area contributed by atoms with Crippen LogP contribution in [-0.2, 0) is 0 Å². The normalized spacial score (nSPS) is 12.4. The summed E-state index contributed by atoms with van der Waals surface area (Å²) in [5.74, 6) is 0.199. The van der Waals surface area contributed by atoms with Crippen LogP contribution in [0.3, 0.4) is 0 Å². The molecule has 2 aromatic carbocycles. The highest BCUT2D eigenvalue weighted by atomic mass is 16.5. The third kappa shape index (κ3) is 2.12. The smallest absolute Gasteiger partial charge is 0.263 e. The Bertz CT molecular complexity index is 900. The number of para-hydroxylation sites is 2. The van der Waals surface area contributed by atoms with Crippen LogP contribution in [0.15, 0.2) is 54.1 Å². The SMILES string of the molecule is COc1ccccc1N1C(=O)c2ccccc2C1=C(C#N)C#N. The summed E-state index contributed by atoms with van der Waals surface area (Å²) in [6.07, 6.45) is 0. The Labute approximate surface area is 133 Å². The van der Waals surface area contributed by atoms with Crippen LogP contribution in [0.25, 0.3) is 5.70 Å². The molecule has 3 rings (SSSR count). The monoisotopic (exact) mass is 301 g/mol. The number of hydrogen-bond acceptors (Lipinski definition) is 4. The standard InChI is InChI=1S/C18H11N3O2/c1-23-16-9-5-4-8-15(16)21-17(12(10-19)11-20)13-6-2-3-7-14(13)18(21)22/h2-9H,1H3. The molecule has 5 nitrogen and oxygen atoms in total. The van der Waals surface area contributed by atoms with Crippen LogP contribution in [0.5, 0.6) is 5.75 Å². The van der Waals surface area contributed by atoms with Crippen molar-refractivity contribution in [2.45, 2.75) is 0 Å². The number of fused-ring (bicyclic) bond motifs is 1. The van der Waals surface area contributed by atoms with Crippen LogP contribution in [0.1, 0.15) is 15.9 Å². The zero-order valence-corrected chi connectivity index (χ0v) is 12.3. The number of rotatable bonds is 2. The van der Waals surface area contributed by atoms with Gasteiger partial charge in [0.05, 0.1) is 18.5 Å². The van der Waals surface area contributed by atoms with Crippen LogP contribution >= 0.6 is 0 Å². The number of nitriles is 2. The summed E-state index contributed by atoms with van der Waals surface area (Å²) in [6, 6.07) is 17.7. The molecule has 1 heterocycles. The van der Waals surface area contributed by atoms with E-state index < -0.39 is 0 Å². The lowest BCUT2D eigenvalue weighted by Crippen LogP contribution is -2.23. The molecular weight excluding hydrogens is 290 g/mol. The number of nitrogens with zero attached hydrogens (tertiary/aromatic N) is 3. The molecule has 0 unspecified atom stereocenters. The number of hydrogen-bond donors (Lipinski definition) is 0. The number of amides is 1. The predicted molar refractivity (Wildman–Crippen MR) is 84.4 cm³/mol. The second-order valence-corrected chi connectivity index (χ2v) is 4.81. The number of anilines is 1. The first-order chi connectivity index (χ1) is 11.2. The first-order valence-electron chi connectivity index (χ1n) is 6.84. The molecule has 0 aliphatic carbocycles. The van der Waals surface area contributed by atoms with Gasteiger partial charge in [0.2, 0.25) is 0 Å². The molecule has 2 aromatic rings. The first kappa shape index (κ1) is 14.4. The van der Waals surface area contributed by atoms with Gasteiger partial charge >= 0.3 is 0 Å². The Morgan fingerprint density at radius 1 is 1.00 bits per heavy atom. The minimum absolute atomic E-state index is 0.116. The fraction of sp³-hybridized carbons (Fsp3) is 0.0556. The van der Waals surface area contributed by atoms with Gasteiger partial charge in [0.25, 0.3) is 5.91 Å². The number of carbonyl (C=O) groups is 1. The minimum Gasteiger partial charge on any atom is -0.495 e. The van der Waals surface area contributed by atoms with Gasteiger partial charge in [-0.1, -0.05) is 30.3 Å². The fourth-order valence-corrected chi connectivity index (χ4v) is 2.64. The number of allylic oxidation sites excluding steroid dienone is 1. The second-order valence-electron chi connectivity index (χ2n) is 4.81. The predicted octanol–water partition coefficient (Wildman–Crippen LogP) is 3.11. The topological polar surface area (TPSA) is 77.1 Å². The van der Waals surface area contributed by atoms with E-state index in [-0.39, 0.29) is 11.5 Å². The van der Waals surface area contributed by atoms with Crippen LogP contribution in [0.4, 0.5) is 5.69 Å². The lowest BCUT2D eigenvalue weighted by Gasteiger charge is -2.20. The summed E-state index contributed by atoms with van der Waals surface area (Å²) < 4.78 is 5.32. The molecular formula is C18H11N3O2. The zero-order chi connectivity index (χ0) is 16.4. The number of methoxy groups -OCH3 is 1. The Morgan fingerprint density at radius 2 is 1.61 bits per heavy atom. The third-order valence-electron chi connectivity index (χ3n) is 3.63. The van der Waals surface area contributed by atoms with E-state index in [1.54, 1.807) is 48.5 Å². The fourth-order valence-electron chi connectivity index (χ4n) is 2.64. The lowest BCUT2D eigenvalue weighted by molar-refractivity contribution is 0.101. The van der Waals surface area contributed by atoms with E-state index in [0.29, 0.717) is 28.3 Å². The van der Waals surface area contributed by atoms with Crippen molar-refractivity contribution < 1.29 is 9.53 Å². The quantitative estimate of drug-likeness (QED) is 0.798. The van der Waals surface area contributed by atoms with Crippen LogP contribution in [0, 0.1) is 22.7 Å². The molecule has 0 N–H and O–H groups in total. The molecule has 0 aromatic heterocycles. The maximum absolute atomic E-state index is 12.8. The Morgan fingerprint density at radius 3 is 2.26 bits per heavy atom. The highest BCUT2D eigenvalue weighted by molar-refractivity contribution is 6.23. The van der Waals surface area contributed by atoms with Crippen molar-refractivity contribution in [3.8, 4) is 17.9 Å². The summed E-state index contributed by atoms with van der Waals surface area (Å²) in [5, 5.41) is 18.6. The van der Waals surface area contributed by atoms with Crippen molar-refractivity contribution >= 4 is 17.3 Å². The van der Waals surface area contributed by atoms with Gasteiger partial charge in [-0.3, -0.25) is 9.69 Å². The van der Waals surface area contributed by atoms with Crippen molar-refractivity contribution in [1.82, 2.24) is 0 Å². The van der Waals surface area contributed by atoms with Crippen LogP contribution < -0.4 is 9.64 Å². The maximum Gasteiger partial charge on any atom is 0.263 e.